The lowest BCUT2D eigenvalue weighted by Gasteiger charge is -2.51. The van der Waals surface area contributed by atoms with E-state index in [9.17, 15) is 28.3 Å². The highest BCUT2D eigenvalue weighted by atomic mass is 19.4. The van der Waals surface area contributed by atoms with Crippen molar-refractivity contribution < 1.29 is 33.0 Å². The number of hydrogen-bond acceptors (Lipinski definition) is 6. The molecule has 6 N–H and O–H groups in total. The first-order valence-corrected chi connectivity index (χ1v) is 9.92. The number of guanidine groups is 2. The summed E-state index contributed by atoms with van der Waals surface area (Å²) in [6.45, 7) is 2.98. The molecule has 3 fully saturated rings. The Balaban J connectivity index is 1.65. The number of rotatable bonds is 3. The van der Waals surface area contributed by atoms with Crippen LogP contribution in [0.3, 0.4) is 0 Å². The fourth-order valence-electron chi connectivity index (χ4n) is 5.15. The predicted molar refractivity (Wildman–Crippen MR) is 104 cm³/mol. The van der Waals surface area contributed by atoms with Crippen molar-refractivity contribution in [3.8, 4) is 0 Å². The number of esters is 1. The van der Waals surface area contributed by atoms with Crippen LogP contribution < -0.4 is 10.6 Å². The van der Waals surface area contributed by atoms with E-state index >= 15 is 0 Å². The molecule has 13 heteroatoms. The maximum atomic E-state index is 12.8. The predicted octanol–water partition coefficient (Wildman–Crippen LogP) is 0.764. The Morgan fingerprint density at radius 2 is 1.81 bits per heavy atom. The summed E-state index contributed by atoms with van der Waals surface area (Å²) in [5.41, 5.74) is -2.36. The second-order valence-corrected chi connectivity index (χ2v) is 8.19. The molecule has 0 bridgehead atoms. The highest BCUT2D eigenvalue weighted by Crippen LogP contribution is 2.49. The van der Waals surface area contributed by atoms with Crippen LogP contribution in [-0.2, 0) is 10.9 Å². The summed E-state index contributed by atoms with van der Waals surface area (Å²) < 4.78 is 44.0. The first-order valence-electron chi connectivity index (χ1n) is 9.92. The van der Waals surface area contributed by atoms with E-state index in [0.717, 1.165) is 24.3 Å². The summed E-state index contributed by atoms with van der Waals surface area (Å²) in [6.07, 6.45) is -5.41. The lowest BCUT2D eigenvalue weighted by molar-refractivity contribution is -0.172. The fraction of sp³-hybridized carbons (Fsp3) is 0.526. The van der Waals surface area contributed by atoms with Crippen LogP contribution in [0.4, 0.5) is 13.2 Å². The summed E-state index contributed by atoms with van der Waals surface area (Å²) in [7, 11) is 0. The molecule has 4 unspecified atom stereocenters. The topological polar surface area (TPSA) is 145 Å². The molecule has 1 spiro atoms. The van der Waals surface area contributed by atoms with Crippen molar-refractivity contribution in [2.75, 3.05) is 6.61 Å². The Kier molecular flexibility index (Phi) is 5.01. The zero-order valence-electron chi connectivity index (χ0n) is 17.1. The molecular weight excluding hydrogens is 433 g/mol. The van der Waals surface area contributed by atoms with Gasteiger partial charge in [0.15, 0.2) is 11.6 Å². The normalized spacial score (nSPS) is 34.0. The van der Waals surface area contributed by atoms with E-state index in [1.54, 1.807) is 13.8 Å². The molecule has 6 atom stereocenters. The molecule has 0 saturated carbocycles. The summed E-state index contributed by atoms with van der Waals surface area (Å²) >= 11 is 0. The molecule has 3 aliphatic rings. The van der Waals surface area contributed by atoms with Crippen molar-refractivity contribution in [1.82, 2.24) is 20.6 Å². The third-order valence-electron chi connectivity index (χ3n) is 6.59. The van der Waals surface area contributed by atoms with Gasteiger partial charge in [-0.15, -0.1) is 0 Å². The van der Waals surface area contributed by atoms with Gasteiger partial charge in [-0.1, -0.05) is 6.92 Å². The van der Waals surface area contributed by atoms with Crippen molar-refractivity contribution in [3.63, 3.8) is 0 Å². The van der Waals surface area contributed by atoms with Crippen LogP contribution in [0.2, 0.25) is 0 Å². The molecule has 0 radical (unpaired) electrons. The Morgan fingerprint density at radius 1 is 1.19 bits per heavy atom. The SMILES string of the molecule is CC1[C@H](OC(=O)c2ccc(C(F)(F)F)cc2)[C@@H](C)C23C(NC(=N)N2O)C(CO)NC(=N)N13. The Labute approximate surface area is 180 Å². The molecule has 0 aromatic heterocycles. The van der Waals surface area contributed by atoms with Crippen molar-refractivity contribution in [2.24, 2.45) is 5.92 Å². The number of hydroxylamine groups is 2. The van der Waals surface area contributed by atoms with Gasteiger partial charge in [-0.2, -0.15) is 18.2 Å². The minimum absolute atomic E-state index is 0.0732. The van der Waals surface area contributed by atoms with Gasteiger partial charge < -0.3 is 25.4 Å². The van der Waals surface area contributed by atoms with E-state index in [0.29, 0.717) is 5.06 Å². The molecule has 10 nitrogen and oxygen atoms in total. The first kappa shape index (κ1) is 22.1. The number of alkyl halides is 3. The van der Waals surface area contributed by atoms with E-state index in [1.165, 1.54) is 4.90 Å². The lowest BCUT2D eigenvalue weighted by atomic mass is 9.82. The molecule has 0 amide bonds. The Hall–Kier alpha value is -3.06. The van der Waals surface area contributed by atoms with Crippen LogP contribution in [0.1, 0.15) is 29.8 Å². The number of halogens is 3. The summed E-state index contributed by atoms with van der Waals surface area (Å²) in [5, 5.41) is 43.4. The van der Waals surface area contributed by atoms with E-state index in [2.05, 4.69) is 10.6 Å². The highest BCUT2D eigenvalue weighted by molar-refractivity contribution is 5.90. The largest absolute Gasteiger partial charge is 0.456 e. The molecule has 174 valence electrons. The summed E-state index contributed by atoms with van der Waals surface area (Å²) in [5.74, 6) is -1.95. The smallest absolute Gasteiger partial charge is 0.416 e. The van der Waals surface area contributed by atoms with Gasteiger partial charge in [0.05, 0.1) is 35.9 Å². The average Bonchev–Trinajstić information content (AvgIpc) is 3.13. The van der Waals surface area contributed by atoms with Crippen LogP contribution in [0.25, 0.3) is 0 Å². The van der Waals surface area contributed by atoms with Crippen LogP contribution >= 0.6 is 0 Å². The molecule has 1 aromatic rings. The van der Waals surface area contributed by atoms with Crippen LogP contribution in [0.15, 0.2) is 24.3 Å². The van der Waals surface area contributed by atoms with E-state index < -0.39 is 53.5 Å². The van der Waals surface area contributed by atoms with Gasteiger partial charge in [0, 0.05) is 5.92 Å². The van der Waals surface area contributed by atoms with Gasteiger partial charge in [-0.05, 0) is 31.2 Å². The molecule has 4 rings (SSSR count). The van der Waals surface area contributed by atoms with Gasteiger partial charge >= 0.3 is 12.1 Å². The van der Waals surface area contributed by atoms with Crippen molar-refractivity contribution in [3.05, 3.63) is 35.4 Å². The number of ether oxygens (including phenoxy) is 1. The maximum absolute atomic E-state index is 12.8. The number of aliphatic hydroxyl groups excluding tert-OH is 1. The third-order valence-corrected chi connectivity index (χ3v) is 6.59. The zero-order valence-corrected chi connectivity index (χ0v) is 17.1. The minimum atomic E-state index is -4.53. The standard InChI is InChI=1S/C19H23F3N6O4/c1-8-13(32-15(30)10-3-5-11(6-4-10)19(20,21)22)9(2)27-16(23)25-12(7-29)14-18(8,27)28(31)17(24)26-14/h3-6,8-9,12-14,29,31H,7H2,1-2H3,(H2,23,25)(H2,24,26)/t8-,9?,12?,13-,14?,18?/m1/s1. The molecular formula is C19H23F3N6O4. The highest BCUT2D eigenvalue weighted by Gasteiger charge is 2.71. The van der Waals surface area contributed by atoms with Gasteiger partial charge in [0.1, 0.15) is 6.10 Å². The summed E-state index contributed by atoms with van der Waals surface area (Å²) in [6, 6.07) is 1.59. The molecule has 1 aromatic carbocycles. The molecule has 32 heavy (non-hydrogen) atoms. The van der Waals surface area contributed by atoms with Gasteiger partial charge in [0.25, 0.3) is 0 Å². The Bertz CT molecular complexity index is 957. The van der Waals surface area contributed by atoms with E-state index in [1.807, 2.05) is 0 Å². The second kappa shape index (κ2) is 7.24. The third kappa shape index (κ3) is 2.91. The van der Waals surface area contributed by atoms with E-state index in [4.69, 9.17) is 15.6 Å². The molecule has 3 heterocycles. The van der Waals surface area contributed by atoms with Crippen LogP contribution in [0, 0.1) is 16.7 Å². The van der Waals surface area contributed by atoms with Gasteiger partial charge in [0.2, 0.25) is 5.96 Å². The number of nitrogens with zero attached hydrogens (tertiary/aromatic N) is 2. The molecule has 0 aliphatic carbocycles. The van der Waals surface area contributed by atoms with Gasteiger partial charge in [-0.3, -0.25) is 16.0 Å². The monoisotopic (exact) mass is 456 g/mol. The lowest BCUT2D eigenvalue weighted by Crippen LogP contribution is -2.76. The first-order chi connectivity index (χ1) is 14.9. The summed E-state index contributed by atoms with van der Waals surface area (Å²) in [4.78, 5) is 14.2. The van der Waals surface area contributed by atoms with Crippen molar-refractivity contribution >= 4 is 17.9 Å². The average molecular weight is 456 g/mol. The maximum Gasteiger partial charge on any atom is 0.416 e. The van der Waals surface area contributed by atoms with Crippen molar-refractivity contribution in [2.45, 2.75) is 49.9 Å². The molecule has 3 saturated heterocycles. The number of nitrogens with one attached hydrogen (secondary N) is 4. The van der Waals surface area contributed by atoms with Crippen molar-refractivity contribution in [1.29, 1.82) is 10.8 Å². The van der Waals surface area contributed by atoms with Crippen LogP contribution in [0.5, 0.6) is 0 Å². The number of carbonyl (C=O) groups is 1. The Morgan fingerprint density at radius 3 is 2.38 bits per heavy atom. The number of carbonyl (C=O) groups excluding carboxylic acids is 1. The minimum Gasteiger partial charge on any atom is -0.456 e. The second-order valence-electron chi connectivity index (χ2n) is 8.19. The number of aliphatic hydroxyl groups is 1. The zero-order chi connectivity index (χ0) is 23.6. The quantitative estimate of drug-likeness (QED) is 0.366. The number of hydrogen-bond donors (Lipinski definition) is 6. The van der Waals surface area contributed by atoms with E-state index in [-0.39, 0.29) is 24.1 Å². The molecule has 3 aliphatic heterocycles. The number of benzene rings is 1. The van der Waals surface area contributed by atoms with Gasteiger partial charge in [-0.25, -0.2) is 4.79 Å². The fourth-order valence-corrected chi connectivity index (χ4v) is 5.15. The van der Waals surface area contributed by atoms with Crippen LogP contribution in [-0.4, -0.2) is 74.7 Å².